The van der Waals surface area contributed by atoms with Gasteiger partial charge in [-0.2, -0.15) is 0 Å². The van der Waals surface area contributed by atoms with Gasteiger partial charge in [-0.1, -0.05) is 0 Å². The van der Waals surface area contributed by atoms with Gasteiger partial charge in [-0.25, -0.2) is 0 Å². The van der Waals surface area contributed by atoms with Crippen molar-refractivity contribution >= 4 is 5.97 Å². The van der Waals surface area contributed by atoms with Crippen molar-refractivity contribution in [2.24, 2.45) is 5.73 Å². The van der Waals surface area contributed by atoms with Crippen LogP contribution in [0.1, 0.15) is 6.92 Å². The second kappa shape index (κ2) is 16.8. The molecule has 0 amide bonds. The predicted molar refractivity (Wildman–Crippen MR) is 20.8 cm³/mol. The smallest absolute Gasteiger partial charge is 0.550 e. The first-order valence-corrected chi connectivity index (χ1v) is 1.49. The molecule has 0 aromatic rings. The standard InChI is InChI=1S/C2H4O2.CH5N.Cu/c1-2(3)4;1-2;/h1H3,(H,3,4);2H2,1H3;/q;;+1/p-1. The monoisotopic (exact) mass is 153 g/mol. The molecule has 0 unspecified atom stereocenters. The van der Waals surface area contributed by atoms with Crippen LogP contribution in [0.25, 0.3) is 0 Å². The summed E-state index contributed by atoms with van der Waals surface area (Å²) in [6.45, 7) is 0.972. The average Bonchev–Trinajstić information content (AvgIpc) is 1.41. The molecule has 0 bridgehead atoms. The number of carbonyl (C=O) groups is 1. The van der Waals surface area contributed by atoms with Crippen LogP contribution in [0.2, 0.25) is 0 Å². The van der Waals surface area contributed by atoms with E-state index in [2.05, 4.69) is 5.73 Å². The van der Waals surface area contributed by atoms with Crippen LogP contribution in [0.4, 0.5) is 0 Å². The topological polar surface area (TPSA) is 66.1 Å². The third-order valence-corrected chi connectivity index (χ3v) is 0. The molecule has 0 spiro atoms. The minimum atomic E-state index is -1.08. The molecule has 7 heavy (non-hydrogen) atoms. The van der Waals surface area contributed by atoms with Crippen molar-refractivity contribution in [3.05, 3.63) is 0 Å². The van der Waals surface area contributed by atoms with Crippen molar-refractivity contribution in [1.29, 1.82) is 0 Å². The van der Waals surface area contributed by atoms with Gasteiger partial charge in [0.05, 0.1) is 0 Å². The summed E-state index contributed by atoms with van der Waals surface area (Å²) in [5.74, 6) is -1.08. The van der Waals surface area contributed by atoms with Gasteiger partial charge in [-0.15, -0.1) is 0 Å². The third kappa shape index (κ3) is 36400. The van der Waals surface area contributed by atoms with Crippen LogP contribution in [0.3, 0.4) is 0 Å². The Bertz CT molecular complexity index is 35.9. The fourth-order valence-electron chi connectivity index (χ4n) is 0. The number of hydrogen-bond donors (Lipinski definition) is 1. The van der Waals surface area contributed by atoms with Crippen LogP contribution in [-0.2, 0) is 21.9 Å². The molecule has 0 aromatic carbocycles. The Morgan fingerprint density at radius 2 is 1.57 bits per heavy atom. The number of carboxylic acid groups (broad SMARTS) is 1. The maximum atomic E-state index is 8.89. The Hall–Kier alpha value is -0.0505. The molecule has 0 saturated heterocycles. The van der Waals surface area contributed by atoms with Crippen molar-refractivity contribution in [2.75, 3.05) is 7.05 Å². The van der Waals surface area contributed by atoms with E-state index in [4.69, 9.17) is 9.90 Å². The van der Waals surface area contributed by atoms with E-state index in [9.17, 15) is 0 Å². The van der Waals surface area contributed by atoms with E-state index in [1.165, 1.54) is 7.05 Å². The Morgan fingerprint density at radius 3 is 1.57 bits per heavy atom. The van der Waals surface area contributed by atoms with Gasteiger partial charge < -0.3 is 15.6 Å². The molecule has 2 N–H and O–H groups in total. The molecule has 3 nitrogen and oxygen atoms in total. The summed E-state index contributed by atoms with van der Waals surface area (Å²) >= 11 is 0. The molecule has 0 aliphatic rings. The summed E-state index contributed by atoms with van der Waals surface area (Å²) in [5, 5.41) is 8.89. The van der Waals surface area contributed by atoms with Crippen LogP contribution in [-0.4, -0.2) is 13.0 Å². The van der Waals surface area contributed by atoms with E-state index in [1.807, 2.05) is 0 Å². The number of nitrogens with two attached hydrogens (primary N) is 1. The Morgan fingerprint density at radius 1 is 1.57 bits per heavy atom. The van der Waals surface area contributed by atoms with Crippen LogP contribution in [0.5, 0.6) is 0 Å². The van der Waals surface area contributed by atoms with E-state index in [0.717, 1.165) is 6.92 Å². The van der Waals surface area contributed by atoms with Crippen molar-refractivity contribution < 1.29 is 27.0 Å². The fraction of sp³-hybridized carbons (Fsp3) is 0.667. The zero-order valence-corrected chi connectivity index (χ0v) is 5.14. The summed E-state index contributed by atoms with van der Waals surface area (Å²) in [7, 11) is 1.50. The quantitative estimate of drug-likeness (QED) is 0.424. The molecule has 0 radical (unpaired) electrons. The second-order valence-corrected chi connectivity index (χ2v) is 0.492. The zero-order valence-electron chi connectivity index (χ0n) is 4.20. The Kier molecular flexibility index (Phi) is 37.7. The summed E-state index contributed by atoms with van der Waals surface area (Å²) in [6, 6.07) is 0. The SMILES string of the molecule is CC(=O)[O-].CN.[Cu+]. The van der Waals surface area contributed by atoms with Gasteiger partial charge in [0.2, 0.25) is 0 Å². The van der Waals surface area contributed by atoms with Gasteiger partial charge in [0.15, 0.2) is 0 Å². The number of carboxylic acids is 1. The van der Waals surface area contributed by atoms with Gasteiger partial charge in [0.25, 0.3) is 0 Å². The molecule has 0 saturated carbocycles. The van der Waals surface area contributed by atoms with Gasteiger partial charge in [-0.05, 0) is 14.0 Å². The Labute approximate surface area is 53.4 Å². The fourth-order valence-corrected chi connectivity index (χ4v) is 0. The summed E-state index contributed by atoms with van der Waals surface area (Å²) < 4.78 is 0. The van der Waals surface area contributed by atoms with E-state index in [-0.39, 0.29) is 17.1 Å². The largest absolute Gasteiger partial charge is 1.00 e. The molecule has 4 heteroatoms. The van der Waals surface area contributed by atoms with Crippen molar-refractivity contribution in [3.63, 3.8) is 0 Å². The molecule has 0 heterocycles. The van der Waals surface area contributed by atoms with Crippen molar-refractivity contribution in [2.45, 2.75) is 6.92 Å². The molecule has 48 valence electrons. The minimum absolute atomic E-state index is 0. The molecule has 0 aliphatic carbocycles. The minimum Gasteiger partial charge on any atom is -0.550 e. The van der Waals surface area contributed by atoms with Crippen LogP contribution in [0.15, 0.2) is 0 Å². The first-order valence-electron chi connectivity index (χ1n) is 1.49. The maximum absolute atomic E-state index is 8.89. The van der Waals surface area contributed by atoms with Crippen LogP contribution < -0.4 is 10.8 Å². The second-order valence-electron chi connectivity index (χ2n) is 0.492. The molecule has 0 aromatic heterocycles. The van der Waals surface area contributed by atoms with E-state index < -0.39 is 5.97 Å². The summed E-state index contributed by atoms with van der Waals surface area (Å²) in [6.07, 6.45) is 0. The molecular weight excluding hydrogens is 146 g/mol. The van der Waals surface area contributed by atoms with Crippen molar-refractivity contribution in [1.82, 2.24) is 0 Å². The van der Waals surface area contributed by atoms with Gasteiger partial charge >= 0.3 is 17.1 Å². The predicted octanol–water partition coefficient (Wildman–Crippen LogP) is -1.67. The van der Waals surface area contributed by atoms with Crippen LogP contribution in [0, 0.1) is 0 Å². The summed E-state index contributed by atoms with van der Waals surface area (Å²) in [4.78, 5) is 8.89. The molecule has 0 fully saturated rings. The molecular formula is C3H8CuNO2. The van der Waals surface area contributed by atoms with E-state index >= 15 is 0 Å². The van der Waals surface area contributed by atoms with Crippen LogP contribution >= 0.6 is 0 Å². The Balaban J connectivity index is -0.0000000480. The zero-order chi connectivity index (χ0) is 5.58. The van der Waals surface area contributed by atoms with Gasteiger partial charge in [0.1, 0.15) is 0 Å². The number of rotatable bonds is 0. The molecule has 0 rings (SSSR count). The number of carbonyl (C=O) groups excluding carboxylic acids is 1. The maximum Gasteiger partial charge on any atom is 1.00 e. The third-order valence-electron chi connectivity index (χ3n) is 0. The molecule has 0 aliphatic heterocycles. The normalized spacial score (nSPS) is 4.43. The average molecular weight is 154 g/mol. The van der Waals surface area contributed by atoms with E-state index in [1.54, 1.807) is 0 Å². The van der Waals surface area contributed by atoms with Gasteiger partial charge in [0, 0.05) is 5.97 Å². The summed E-state index contributed by atoms with van der Waals surface area (Å²) in [5.41, 5.74) is 4.50. The number of hydrogen-bond acceptors (Lipinski definition) is 3. The van der Waals surface area contributed by atoms with E-state index in [0.29, 0.717) is 0 Å². The van der Waals surface area contributed by atoms with Gasteiger partial charge in [-0.3, -0.25) is 0 Å². The first-order chi connectivity index (χ1) is 2.73. The first kappa shape index (κ1) is 15.8. The van der Waals surface area contributed by atoms with Crippen molar-refractivity contribution in [3.8, 4) is 0 Å². The molecule has 0 atom stereocenters. The number of aliphatic carboxylic acids is 1.